The second kappa shape index (κ2) is 14.3. The van der Waals surface area contributed by atoms with Gasteiger partial charge in [-0.05, 0) is 41.2 Å². The fourth-order valence-corrected chi connectivity index (χ4v) is 4.49. The van der Waals surface area contributed by atoms with E-state index in [9.17, 15) is 20.0 Å². The summed E-state index contributed by atoms with van der Waals surface area (Å²) in [5, 5.41) is 31.5. The maximum Gasteiger partial charge on any atom is 0.453 e. The summed E-state index contributed by atoms with van der Waals surface area (Å²) in [5.74, 6) is 1.11. The second-order valence-electron chi connectivity index (χ2n) is 9.14. The number of nitrogens with zero attached hydrogens (tertiary/aromatic N) is 7. The van der Waals surface area contributed by atoms with E-state index in [0.29, 0.717) is 35.8 Å². The van der Waals surface area contributed by atoms with Crippen LogP contribution in [-0.2, 0) is 29.1 Å². The van der Waals surface area contributed by atoms with E-state index in [0.717, 1.165) is 46.6 Å². The number of carbonyl (C=O) groups is 1. The normalized spacial score (nSPS) is 11.0. The molecule has 0 radical (unpaired) electrons. The molecule has 0 atom stereocenters. The lowest BCUT2D eigenvalue weighted by Gasteiger charge is -2.12. The van der Waals surface area contributed by atoms with E-state index in [1.54, 1.807) is 0 Å². The lowest BCUT2D eigenvalue weighted by molar-refractivity contribution is -0.757. The molecule has 4 rings (SSSR count). The molecule has 2 aromatic heterocycles. The van der Waals surface area contributed by atoms with Crippen LogP contribution in [0.3, 0.4) is 0 Å². The van der Waals surface area contributed by atoms with Crippen LogP contribution in [0.1, 0.15) is 49.7 Å². The van der Waals surface area contributed by atoms with Crippen LogP contribution in [0.2, 0.25) is 5.15 Å². The third kappa shape index (κ3) is 7.64. The van der Waals surface area contributed by atoms with Crippen LogP contribution >= 0.6 is 11.6 Å². The van der Waals surface area contributed by atoms with Crippen molar-refractivity contribution in [1.82, 2.24) is 29.8 Å². The first kappa shape index (κ1) is 29.6. The number of rotatable bonds is 14. The van der Waals surface area contributed by atoms with Gasteiger partial charge in [0.25, 0.3) is 5.09 Å². The quantitative estimate of drug-likeness (QED) is 0.125. The molecule has 41 heavy (non-hydrogen) atoms. The summed E-state index contributed by atoms with van der Waals surface area (Å²) >= 11 is 6.29. The largest absolute Gasteiger partial charge is 0.453 e. The molecule has 13 nitrogen and oxygen atoms in total. The van der Waals surface area contributed by atoms with Crippen LogP contribution in [-0.4, -0.2) is 59.3 Å². The molecule has 0 saturated heterocycles. The number of aliphatic hydroxyl groups is 1. The minimum atomic E-state index is -0.866. The van der Waals surface area contributed by atoms with Gasteiger partial charge in [-0.25, -0.2) is 9.78 Å². The number of ether oxygens (including phenoxy) is 1. The van der Waals surface area contributed by atoms with Gasteiger partial charge in [-0.1, -0.05) is 78.3 Å². The third-order valence-electron chi connectivity index (χ3n) is 6.32. The molecule has 1 N–H and O–H groups in total. The zero-order chi connectivity index (χ0) is 29.2. The molecule has 0 aliphatic rings. The number of hydrogen-bond donors (Lipinski definition) is 1. The summed E-state index contributed by atoms with van der Waals surface area (Å²) in [6.07, 6.45) is 2.72. The lowest BCUT2D eigenvalue weighted by atomic mass is 9.98. The molecular weight excluding hydrogens is 554 g/mol. The van der Waals surface area contributed by atoms with Crippen molar-refractivity contribution in [3.05, 3.63) is 80.9 Å². The van der Waals surface area contributed by atoms with E-state index >= 15 is 0 Å². The Kier molecular flexibility index (Phi) is 10.3. The van der Waals surface area contributed by atoms with Gasteiger partial charge in [0.2, 0.25) is 5.82 Å². The SMILES string of the molecule is CCCCc1nc(Cl)c(CO)n1Cc1ccc(-c2ccccc2-c2nnn(C(=O)OCCCCO[N+](=O)[O-])n2)cc1. The van der Waals surface area contributed by atoms with Crippen molar-refractivity contribution in [2.24, 2.45) is 0 Å². The fourth-order valence-electron chi connectivity index (χ4n) is 4.23. The van der Waals surface area contributed by atoms with Crippen LogP contribution < -0.4 is 0 Å². The molecule has 0 fully saturated rings. The number of tetrazole rings is 1. The zero-order valence-corrected chi connectivity index (χ0v) is 23.2. The van der Waals surface area contributed by atoms with Crippen molar-refractivity contribution in [3.63, 3.8) is 0 Å². The number of aromatic nitrogens is 6. The topological polar surface area (TPSA) is 160 Å². The van der Waals surface area contributed by atoms with Gasteiger partial charge >= 0.3 is 6.09 Å². The van der Waals surface area contributed by atoms with Gasteiger partial charge in [0, 0.05) is 18.5 Å². The third-order valence-corrected chi connectivity index (χ3v) is 6.62. The molecule has 14 heteroatoms. The van der Waals surface area contributed by atoms with Crippen molar-refractivity contribution in [1.29, 1.82) is 0 Å². The Morgan fingerprint density at radius 1 is 1.07 bits per heavy atom. The summed E-state index contributed by atoms with van der Waals surface area (Å²) in [7, 11) is 0. The van der Waals surface area contributed by atoms with Crippen LogP contribution in [0.25, 0.3) is 22.5 Å². The monoisotopic (exact) mass is 583 g/mol. The Hall–Kier alpha value is -4.36. The fraction of sp³-hybridized carbons (Fsp3) is 0.370. The molecule has 0 spiro atoms. The maximum absolute atomic E-state index is 12.3. The van der Waals surface area contributed by atoms with Crippen molar-refractivity contribution >= 4 is 17.7 Å². The Bertz CT molecular complexity index is 1470. The number of unbranched alkanes of at least 4 members (excludes halogenated alkanes) is 2. The first-order valence-electron chi connectivity index (χ1n) is 13.2. The smallest absolute Gasteiger partial charge is 0.447 e. The molecule has 2 heterocycles. The highest BCUT2D eigenvalue weighted by molar-refractivity contribution is 6.30. The van der Waals surface area contributed by atoms with E-state index < -0.39 is 11.2 Å². The van der Waals surface area contributed by atoms with E-state index in [-0.39, 0.29) is 25.6 Å². The first-order valence-corrected chi connectivity index (χ1v) is 13.6. The average molecular weight is 584 g/mol. The summed E-state index contributed by atoms with van der Waals surface area (Å²) in [4.78, 5) is 31.9. The van der Waals surface area contributed by atoms with E-state index in [2.05, 4.69) is 32.2 Å². The van der Waals surface area contributed by atoms with Crippen LogP contribution in [0.5, 0.6) is 0 Å². The zero-order valence-electron chi connectivity index (χ0n) is 22.5. The van der Waals surface area contributed by atoms with Gasteiger partial charge in [-0.3, -0.25) is 0 Å². The van der Waals surface area contributed by atoms with Crippen molar-refractivity contribution in [2.45, 2.75) is 52.2 Å². The molecule has 0 bridgehead atoms. The maximum atomic E-state index is 12.3. The lowest BCUT2D eigenvalue weighted by Crippen LogP contribution is -2.17. The highest BCUT2D eigenvalue weighted by Crippen LogP contribution is 2.30. The summed E-state index contributed by atoms with van der Waals surface area (Å²) in [6.45, 7) is 2.41. The predicted molar refractivity (Wildman–Crippen MR) is 148 cm³/mol. The molecule has 4 aromatic rings. The molecule has 0 unspecified atom stereocenters. The van der Waals surface area contributed by atoms with Gasteiger partial charge in [0.1, 0.15) is 5.82 Å². The minimum Gasteiger partial charge on any atom is -0.447 e. The van der Waals surface area contributed by atoms with Crippen molar-refractivity contribution in [2.75, 3.05) is 13.2 Å². The standard InChI is InChI=1S/C27H30ClN7O6/c1-2-3-10-24-29-25(28)23(18-36)33(24)17-19-11-13-20(14-12-19)21-8-4-5-9-22(21)26-30-32-34(31-26)27(37)40-15-6-7-16-41-35(38)39/h4-5,8-9,11-14,36H,2-3,6-7,10,15-18H2,1H3. The Morgan fingerprint density at radius 2 is 1.80 bits per heavy atom. The molecule has 2 aromatic carbocycles. The molecule has 0 aliphatic carbocycles. The first-order chi connectivity index (χ1) is 19.9. The molecular formula is C27H30ClN7O6. The number of imidazole rings is 1. The Balaban J connectivity index is 1.45. The van der Waals surface area contributed by atoms with Crippen LogP contribution in [0, 0.1) is 10.1 Å². The number of aliphatic hydroxyl groups excluding tert-OH is 1. The van der Waals surface area contributed by atoms with Gasteiger partial charge in [0.15, 0.2) is 5.15 Å². The van der Waals surface area contributed by atoms with Crippen LogP contribution in [0.15, 0.2) is 48.5 Å². The Morgan fingerprint density at radius 3 is 2.51 bits per heavy atom. The predicted octanol–water partition coefficient (Wildman–Crippen LogP) is 4.71. The second-order valence-corrected chi connectivity index (χ2v) is 9.49. The molecule has 0 amide bonds. The van der Waals surface area contributed by atoms with Gasteiger partial charge < -0.3 is 19.2 Å². The van der Waals surface area contributed by atoms with Crippen molar-refractivity contribution < 1.29 is 24.6 Å². The average Bonchev–Trinajstić information content (AvgIpc) is 3.58. The molecule has 0 saturated carbocycles. The highest BCUT2D eigenvalue weighted by atomic mass is 35.5. The van der Waals surface area contributed by atoms with Gasteiger partial charge in [-0.2, -0.15) is 0 Å². The number of halogens is 1. The number of hydrogen-bond acceptors (Lipinski definition) is 10. The molecule has 216 valence electrons. The number of aryl methyl sites for hydroxylation is 1. The molecule has 0 aliphatic heterocycles. The minimum absolute atomic E-state index is 0.0326. The summed E-state index contributed by atoms with van der Waals surface area (Å²) in [6, 6.07) is 15.5. The van der Waals surface area contributed by atoms with Crippen molar-refractivity contribution in [3.8, 4) is 22.5 Å². The number of benzene rings is 2. The summed E-state index contributed by atoms with van der Waals surface area (Å²) in [5.41, 5.74) is 4.07. The summed E-state index contributed by atoms with van der Waals surface area (Å²) < 4.78 is 7.09. The Labute approximate surface area is 240 Å². The van der Waals surface area contributed by atoms with E-state index in [4.69, 9.17) is 16.3 Å². The van der Waals surface area contributed by atoms with E-state index in [1.165, 1.54) is 0 Å². The highest BCUT2D eigenvalue weighted by Gasteiger charge is 2.18. The van der Waals surface area contributed by atoms with E-state index in [1.807, 2.05) is 53.1 Å². The van der Waals surface area contributed by atoms with Gasteiger partial charge in [0.05, 0.1) is 25.5 Å². The number of carbonyl (C=O) groups excluding carboxylic acids is 1. The van der Waals surface area contributed by atoms with Gasteiger partial charge in [-0.15, -0.1) is 20.3 Å². The van der Waals surface area contributed by atoms with Crippen LogP contribution in [0.4, 0.5) is 4.79 Å².